The van der Waals surface area contributed by atoms with Crippen LogP contribution in [0.15, 0.2) is 0 Å². The van der Waals surface area contributed by atoms with Crippen molar-refractivity contribution < 1.29 is 13.2 Å². The van der Waals surface area contributed by atoms with Gasteiger partial charge in [0.05, 0.1) is 18.1 Å². The summed E-state index contributed by atoms with van der Waals surface area (Å²) in [7, 11) is -0.774. The van der Waals surface area contributed by atoms with Crippen LogP contribution in [0.2, 0.25) is 0 Å². The Hall–Kier alpha value is -0.170. The average Bonchev–Trinajstić information content (AvgIpc) is 2.32. The van der Waals surface area contributed by atoms with E-state index in [2.05, 4.69) is 10.2 Å². The van der Waals surface area contributed by atoms with E-state index < -0.39 is 9.84 Å². The molecule has 17 heavy (non-hydrogen) atoms. The largest absolute Gasteiger partial charge is 0.381 e. The van der Waals surface area contributed by atoms with Crippen LogP contribution in [0.25, 0.3) is 0 Å². The van der Waals surface area contributed by atoms with Crippen molar-refractivity contribution >= 4 is 9.84 Å². The molecule has 2 heterocycles. The highest BCUT2D eigenvalue weighted by Gasteiger charge is 2.29. The third kappa shape index (κ3) is 3.64. The summed E-state index contributed by atoms with van der Waals surface area (Å²) in [5.74, 6) is 1.10. The quantitative estimate of drug-likeness (QED) is 0.732. The van der Waals surface area contributed by atoms with Crippen LogP contribution >= 0.6 is 0 Å². The number of nitrogens with one attached hydrogen (secondary N) is 1. The molecule has 0 aromatic heterocycles. The highest BCUT2D eigenvalue weighted by atomic mass is 32.2. The fraction of sp³-hybridized carbons (Fsp3) is 1.00. The minimum absolute atomic E-state index is 0.310. The van der Waals surface area contributed by atoms with E-state index in [9.17, 15) is 8.42 Å². The van der Waals surface area contributed by atoms with Crippen molar-refractivity contribution in [2.24, 2.45) is 5.92 Å². The monoisotopic (exact) mass is 262 g/mol. The normalized spacial score (nSPS) is 34.6. The van der Waals surface area contributed by atoms with Gasteiger partial charge in [-0.25, -0.2) is 8.42 Å². The zero-order valence-corrected chi connectivity index (χ0v) is 11.2. The summed E-state index contributed by atoms with van der Waals surface area (Å²) in [6.45, 7) is 3.91. The molecule has 0 bridgehead atoms. The fourth-order valence-corrected chi connectivity index (χ4v) is 3.90. The highest BCUT2D eigenvalue weighted by molar-refractivity contribution is 7.91. The summed E-state index contributed by atoms with van der Waals surface area (Å²) in [4.78, 5) is 2.25. The Morgan fingerprint density at radius 1 is 1.35 bits per heavy atom. The van der Waals surface area contributed by atoms with Crippen molar-refractivity contribution in [1.82, 2.24) is 10.2 Å². The van der Waals surface area contributed by atoms with Gasteiger partial charge in [-0.3, -0.25) is 0 Å². The molecule has 0 saturated carbocycles. The zero-order chi connectivity index (χ0) is 12.3. The Morgan fingerprint density at radius 2 is 2.06 bits per heavy atom. The van der Waals surface area contributed by atoms with E-state index in [0.29, 0.717) is 36.6 Å². The topological polar surface area (TPSA) is 58.6 Å². The van der Waals surface area contributed by atoms with Gasteiger partial charge in [0.1, 0.15) is 0 Å². The van der Waals surface area contributed by atoms with Crippen molar-refractivity contribution in [1.29, 1.82) is 0 Å². The Morgan fingerprint density at radius 3 is 2.71 bits per heavy atom. The molecule has 0 radical (unpaired) electrons. The SMILES string of the molecule is CNC1CCOCC1CN1CCS(=O)(=O)CC1. The maximum absolute atomic E-state index is 11.3. The lowest BCUT2D eigenvalue weighted by molar-refractivity contribution is 0.0195. The van der Waals surface area contributed by atoms with Gasteiger partial charge in [0.25, 0.3) is 0 Å². The van der Waals surface area contributed by atoms with Crippen LogP contribution in [-0.2, 0) is 14.6 Å². The molecule has 100 valence electrons. The molecule has 0 aliphatic carbocycles. The number of nitrogens with zero attached hydrogens (tertiary/aromatic N) is 1. The second kappa shape index (κ2) is 5.65. The molecular weight excluding hydrogens is 240 g/mol. The van der Waals surface area contributed by atoms with E-state index >= 15 is 0 Å². The second-order valence-electron chi connectivity index (χ2n) is 4.97. The molecule has 2 atom stereocenters. The van der Waals surface area contributed by atoms with E-state index in [1.54, 1.807) is 0 Å². The first kappa shape index (κ1) is 13.3. The van der Waals surface area contributed by atoms with E-state index in [0.717, 1.165) is 26.2 Å². The van der Waals surface area contributed by atoms with E-state index in [1.165, 1.54) is 0 Å². The summed E-state index contributed by atoms with van der Waals surface area (Å²) < 4.78 is 28.2. The summed E-state index contributed by atoms with van der Waals surface area (Å²) in [5.41, 5.74) is 0. The Labute approximate surface area is 103 Å². The standard InChI is InChI=1S/C11H22N2O3S/c1-12-11-2-5-16-9-10(11)8-13-3-6-17(14,15)7-4-13/h10-12H,2-9H2,1H3. The van der Waals surface area contributed by atoms with Crippen molar-refractivity contribution in [2.75, 3.05) is 51.4 Å². The van der Waals surface area contributed by atoms with Crippen LogP contribution in [0.1, 0.15) is 6.42 Å². The van der Waals surface area contributed by atoms with Crippen molar-refractivity contribution in [3.63, 3.8) is 0 Å². The predicted octanol–water partition coefficient (Wildman–Crippen LogP) is -0.659. The summed E-state index contributed by atoms with van der Waals surface area (Å²) in [6.07, 6.45) is 1.05. The predicted molar refractivity (Wildman–Crippen MR) is 66.9 cm³/mol. The molecule has 6 heteroatoms. The molecular formula is C11H22N2O3S. The fourth-order valence-electron chi connectivity index (χ4n) is 2.62. The number of hydrogen-bond donors (Lipinski definition) is 1. The number of sulfone groups is 1. The van der Waals surface area contributed by atoms with Crippen LogP contribution in [0, 0.1) is 5.92 Å². The van der Waals surface area contributed by atoms with E-state index in [4.69, 9.17) is 4.74 Å². The lowest BCUT2D eigenvalue weighted by atomic mass is 9.95. The minimum Gasteiger partial charge on any atom is -0.381 e. The lowest BCUT2D eigenvalue weighted by Gasteiger charge is -2.36. The van der Waals surface area contributed by atoms with Crippen LogP contribution in [0.5, 0.6) is 0 Å². The van der Waals surface area contributed by atoms with Crippen LogP contribution < -0.4 is 5.32 Å². The zero-order valence-electron chi connectivity index (χ0n) is 10.4. The molecule has 0 amide bonds. The van der Waals surface area contributed by atoms with Gasteiger partial charge in [0.2, 0.25) is 0 Å². The molecule has 0 spiro atoms. The Kier molecular flexibility index (Phi) is 4.41. The molecule has 0 aromatic carbocycles. The smallest absolute Gasteiger partial charge is 0.152 e. The van der Waals surface area contributed by atoms with Crippen molar-refractivity contribution in [3.8, 4) is 0 Å². The molecule has 2 aliphatic heterocycles. The molecule has 1 N–H and O–H groups in total. The Balaban J connectivity index is 1.84. The molecule has 2 fully saturated rings. The molecule has 2 aliphatic rings. The maximum Gasteiger partial charge on any atom is 0.152 e. The number of rotatable bonds is 3. The molecule has 2 saturated heterocycles. The van der Waals surface area contributed by atoms with Crippen LogP contribution in [0.3, 0.4) is 0 Å². The first-order valence-electron chi connectivity index (χ1n) is 6.28. The second-order valence-corrected chi connectivity index (χ2v) is 7.27. The van der Waals surface area contributed by atoms with Gasteiger partial charge in [-0.2, -0.15) is 0 Å². The van der Waals surface area contributed by atoms with Gasteiger partial charge in [-0.15, -0.1) is 0 Å². The third-order valence-corrected chi connectivity index (χ3v) is 5.38. The van der Waals surface area contributed by atoms with Gasteiger partial charge < -0.3 is 15.0 Å². The number of hydrogen-bond acceptors (Lipinski definition) is 5. The minimum atomic E-state index is -2.76. The van der Waals surface area contributed by atoms with E-state index in [-0.39, 0.29) is 0 Å². The summed E-state index contributed by atoms with van der Waals surface area (Å²) >= 11 is 0. The first-order valence-corrected chi connectivity index (χ1v) is 8.10. The molecule has 2 unspecified atom stereocenters. The molecule has 0 aromatic rings. The Bertz CT molecular complexity index is 331. The van der Waals surface area contributed by atoms with Gasteiger partial charge in [-0.05, 0) is 13.5 Å². The van der Waals surface area contributed by atoms with Crippen molar-refractivity contribution in [2.45, 2.75) is 12.5 Å². The van der Waals surface area contributed by atoms with Gasteiger partial charge >= 0.3 is 0 Å². The van der Waals surface area contributed by atoms with Crippen molar-refractivity contribution in [3.05, 3.63) is 0 Å². The third-order valence-electron chi connectivity index (χ3n) is 3.77. The summed E-state index contributed by atoms with van der Waals surface area (Å²) in [6, 6.07) is 0.502. The van der Waals surface area contributed by atoms with Gasteiger partial charge in [-0.1, -0.05) is 0 Å². The number of ether oxygens (including phenoxy) is 1. The molecule has 5 nitrogen and oxygen atoms in total. The van der Waals surface area contributed by atoms with Crippen LogP contribution in [0.4, 0.5) is 0 Å². The average molecular weight is 262 g/mol. The van der Waals surface area contributed by atoms with Gasteiger partial charge in [0, 0.05) is 38.2 Å². The first-order chi connectivity index (χ1) is 8.11. The lowest BCUT2D eigenvalue weighted by Crippen LogP contribution is -2.49. The van der Waals surface area contributed by atoms with Crippen LogP contribution in [-0.4, -0.2) is 70.8 Å². The summed E-state index contributed by atoms with van der Waals surface area (Å²) in [5, 5.41) is 3.33. The van der Waals surface area contributed by atoms with E-state index in [1.807, 2.05) is 7.05 Å². The molecule has 2 rings (SSSR count). The maximum atomic E-state index is 11.3. The highest BCUT2D eigenvalue weighted by Crippen LogP contribution is 2.17. The van der Waals surface area contributed by atoms with Gasteiger partial charge in [0.15, 0.2) is 9.84 Å².